The number of aromatic amines is 1. The molecule has 138 valence electrons. The third-order valence-corrected chi connectivity index (χ3v) is 4.15. The highest BCUT2D eigenvalue weighted by Crippen LogP contribution is 2.28. The Bertz CT molecular complexity index is 905. The summed E-state index contributed by atoms with van der Waals surface area (Å²) in [6.07, 6.45) is -3.81. The molecule has 1 aromatic heterocycles. The van der Waals surface area contributed by atoms with Crippen molar-refractivity contribution in [3.8, 4) is 0 Å². The predicted octanol–water partition coefficient (Wildman–Crippen LogP) is -0.679. The van der Waals surface area contributed by atoms with E-state index in [2.05, 4.69) is 4.98 Å². The van der Waals surface area contributed by atoms with Crippen LogP contribution < -0.4 is 11.2 Å². The molecule has 2 aromatic rings. The standard InChI is InChI=1S/C17H18N2O7/c1-9-7-19(17(24)18-14(9)22)15-13(21)12(20)11(26-15)8-25-16(23)10-5-3-2-4-6-10/h2-7,11-13,15,20-21H,8H2,1H3,(H,18,22,24)/t11-,12+,13+,15-/m0/s1. The molecular weight excluding hydrogens is 344 g/mol. The lowest BCUT2D eigenvalue weighted by Crippen LogP contribution is -2.38. The Labute approximate surface area is 147 Å². The van der Waals surface area contributed by atoms with Crippen molar-refractivity contribution < 1.29 is 24.5 Å². The average molecular weight is 362 g/mol. The summed E-state index contributed by atoms with van der Waals surface area (Å²) in [7, 11) is 0. The number of rotatable bonds is 4. The lowest BCUT2D eigenvalue weighted by Gasteiger charge is -2.17. The lowest BCUT2D eigenvalue weighted by molar-refractivity contribution is -0.0599. The summed E-state index contributed by atoms with van der Waals surface area (Å²) in [5.41, 5.74) is -0.746. The van der Waals surface area contributed by atoms with E-state index in [1.807, 2.05) is 0 Å². The van der Waals surface area contributed by atoms with Gasteiger partial charge < -0.3 is 19.7 Å². The number of aromatic nitrogens is 2. The minimum Gasteiger partial charge on any atom is -0.459 e. The molecule has 1 saturated heterocycles. The summed E-state index contributed by atoms with van der Waals surface area (Å²) in [6.45, 7) is 1.19. The number of aliphatic hydroxyl groups is 2. The van der Waals surface area contributed by atoms with Crippen LogP contribution in [0, 0.1) is 6.92 Å². The van der Waals surface area contributed by atoms with E-state index in [1.54, 1.807) is 30.3 Å². The van der Waals surface area contributed by atoms with E-state index < -0.39 is 41.8 Å². The van der Waals surface area contributed by atoms with E-state index >= 15 is 0 Å². The van der Waals surface area contributed by atoms with Crippen LogP contribution >= 0.6 is 0 Å². The molecule has 0 radical (unpaired) electrons. The first kappa shape index (κ1) is 18.1. The summed E-state index contributed by atoms with van der Waals surface area (Å²) in [6, 6.07) is 8.28. The van der Waals surface area contributed by atoms with Crippen LogP contribution in [0.2, 0.25) is 0 Å². The van der Waals surface area contributed by atoms with E-state index in [0.29, 0.717) is 5.56 Å². The van der Waals surface area contributed by atoms with Crippen LogP contribution in [0.1, 0.15) is 22.1 Å². The normalized spacial score (nSPS) is 25.2. The van der Waals surface area contributed by atoms with Gasteiger partial charge >= 0.3 is 11.7 Å². The molecule has 3 rings (SSSR count). The number of H-pyrrole nitrogens is 1. The largest absolute Gasteiger partial charge is 0.459 e. The fourth-order valence-corrected chi connectivity index (χ4v) is 2.69. The number of ether oxygens (including phenoxy) is 2. The first-order valence-corrected chi connectivity index (χ1v) is 7.94. The molecule has 2 heterocycles. The number of esters is 1. The number of hydrogen-bond acceptors (Lipinski definition) is 7. The smallest absolute Gasteiger partial charge is 0.338 e. The fraction of sp³-hybridized carbons (Fsp3) is 0.353. The first-order valence-electron chi connectivity index (χ1n) is 7.94. The molecule has 0 aliphatic carbocycles. The number of nitrogens with zero attached hydrogens (tertiary/aromatic N) is 1. The molecule has 3 N–H and O–H groups in total. The molecule has 0 unspecified atom stereocenters. The van der Waals surface area contributed by atoms with Gasteiger partial charge in [-0.1, -0.05) is 18.2 Å². The van der Waals surface area contributed by atoms with E-state index in [4.69, 9.17) is 9.47 Å². The topological polar surface area (TPSA) is 131 Å². The van der Waals surface area contributed by atoms with Crippen molar-refractivity contribution in [3.63, 3.8) is 0 Å². The van der Waals surface area contributed by atoms with E-state index in [1.165, 1.54) is 13.1 Å². The van der Waals surface area contributed by atoms with Gasteiger partial charge in [-0.3, -0.25) is 14.3 Å². The molecule has 26 heavy (non-hydrogen) atoms. The highest BCUT2D eigenvalue weighted by molar-refractivity contribution is 5.89. The number of hydrogen-bond donors (Lipinski definition) is 3. The van der Waals surface area contributed by atoms with Gasteiger partial charge in [-0.25, -0.2) is 9.59 Å². The molecule has 0 amide bonds. The van der Waals surface area contributed by atoms with Crippen molar-refractivity contribution >= 4 is 5.97 Å². The second-order valence-electron chi connectivity index (χ2n) is 5.99. The van der Waals surface area contributed by atoms with Gasteiger partial charge in [-0.05, 0) is 19.1 Å². The maximum absolute atomic E-state index is 12.0. The van der Waals surface area contributed by atoms with Crippen molar-refractivity contribution in [2.45, 2.75) is 31.5 Å². The van der Waals surface area contributed by atoms with Crippen LogP contribution in [0.3, 0.4) is 0 Å². The summed E-state index contributed by atoms with van der Waals surface area (Å²) >= 11 is 0. The number of nitrogens with one attached hydrogen (secondary N) is 1. The fourth-order valence-electron chi connectivity index (χ4n) is 2.69. The molecule has 9 heteroatoms. The number of benzene rings is 1. The molecule has 4 atom stereocenters. The van der Waals surface area contributed by atoms with Gasteiger partial charge in [0.1, 0.15) is 24.9 Å². The summed E-state index contributed by atoms with van der Waals surface area (Å²) < 4.78 is 11.6. The molecule has 0 saturated carbocycles. The minimum atomic E-state index is -1.43. The molecule has 1 aromatic carbocycles. The van der Waals surface area contributed by atoms with Gasteiger partial charge in [0.2, 0.25) is 0 Å². The van der Waals surface area contributed by atoms with Crippen LogP contribution in [-0.4, -0.2) is 50.7 Å². The number of aryl methyl sites for hydroxylation is 1. The van der Waals surface area contributed by atoms with Crippen LogP contribution in [0.4, 0.5) is 0 Å². The Morgan fingerprint density at radius 2 is 1.92 bits per heavy atom. The highest BCUT2D eigenvalue weighted by atomic mass is 16.6. The number of carbonyl (C=O) groups is 1. The van der Waals surface area contributed by atoms with Crippen molar-refractivity contribution in [2.24, 2.45) is 0 Å². The molecule has 0 spiro atoms. The van der Waals surface area contributed by atoms with E-state index in [9.17, 15) is 24.6 Å². The molecule has 9 nitrogen and oxygen atoms in total. The summed E-state index contributed by atoms with van der Waals surface area (Å²) in [4.78, 5) is 37.4. The lowest BCUT2D eigenvalue weighted by atomic mass is 10.1. The quantitative estimate of drug-likeness (QED) is 0.614. The van der Waals surface area contributed by atoms with Crippen LogP contribution in [-0.2, 0) is 9.47 Å². The zero-order valence-electron chi connectivity index (χ0n) is 13.9. The third-order valence-electron chi connectivity index (χ3n) is 4.15. The van der Waals surface area contributed by atoms with Gasteiger partial charge in [0, 0.05) is 11.8 Å². The third kappa shape index (κ3) is 3.45. The molecule has 1 aliphatic heterocycles. The maximum Gasteiger partial charge on any atom is 0.338 e. The monoisotopic (exact) mass is 362 g/mol. The number of carbonyl (C=O) groups excluding carboxylic acids is 1. The Balaban J connectivity index is 1.72. The second kappa shape index (κ2) is 7.24. The van der Waals surface area contributed by atoms with Gasteiger partial charge in [0.05, 0.1) is 5.56 Å². The van der Waals surface area contributed by atoms with Gasteiger partial charge in [0.25, 0.3) is 5.56 Å². The molecule has 0 bridgehead atoms. The summed E-state index contributed by atoms with van der Waals surface area (Å²) in [5.74, 6) is -0.601. The van der Waals surface area contributed by atoms with Crippen LogP contribution in [0.25, 0.3) is 0 Å². The Morgan fingerprint density at radius 3 is 2.62 bits per heavy atom. The Hall–Kier alpha value is -2.75. The first-order chi connectivity index (χ1) is 12.4. The molecule has 1 aliphatic rings. The van der Waals surface area contributed by atoms with Crippen molar-refractivity contribution in [1.82, 2.24) is 9.55 Å². The van der Waals surface area contributed by atoms with E-state index in [-0.39, 0.29) is 12.2 Å². The zero-order chi connectivity index (χ0) is 18.8. The van der Waals surface area contributed by atoms with Crippen molar-refractivity contribution in [1.29, 1.82) is 0 Å². The van der Waals surface area contributed by atoms with E-state index in [0.717, 1.165) is 4.57 Å². The summed E-state index contributed by atoms with van der Waals surface area (Å²) in [5, 5.41) is 20.3. The average Bonchev–Trinajstić information content (AvgIpc) is 2.91. The number of aliphatic hydroxyl groups excluding tert-OH is 2. The Morgan fingerprint density at radius 1 is 1.23 bits per heavy atom. The second-order valence-corrected chi connectivity index (χ2v) is 5.99. The maximum atomic E-state index is 12.0. The van der Waals surface area contributed by atoms with Crippen molar-refractivity contribution in [2.75, 3.05) is 6.61 Å². The zero-order valence-corrected chi connectivity index (χ0v) is 13.9. The van der Waals surface area contributed by atoms with Gasteiger partial charge in [-0.2, -0.15) is 0 Å². The minimum absolute atomic E-state index is 0.244. The Kier molecular flexibility index (Phi) is 5.03. The SMILES string of the molecule is Cc1cn([C@H]2O[C@@H](COC(=O)c3ccccc3)[C@@H](O)[C@H]2O)c(=O)[nH]c1=O. The van der Waals surface area contributed by atoms with Crippen molar-refractivity contribution in [3.05, 3.63) is 68.5 Å². The van der Waals surface area contributed by atoms with Crippen LogP contribution in [0.5, 0.6) is 0 Å². The highest BCUT2D eigenvalue weighted by Gasteiger charge is 2.44. The molecule has 1 fully saturated rings. The van der Waals surface area contributed by atoms with Gasteiger partial charge in [-0.15, -0.1) is 0 Å². The predicted molar refractivity (Wildman–Crippen MR) is 88.7 cm³/mol. The van der Waals surface area contributed by atoms with Gasteiger partial charge in [0.15, 0.2) is 6.23 Å². The van der Waals surface area contributed by atoms with Crippen LogP contribution in [0.15, 0.2) is 46.1 Å². The molecular formula is C17H18N2O7.